The average molecular weight is 259 g/mol. The van der Waals surface area contributed by atoms with E-state index in [0.29, 0.717) is 0 Å². The maximum absolute atomic E-state index is 5.73. The van der Waals surface area contributed by atoms with Crippen LogP contribution in [0.3, 0.4) is 0 Å². The van der Waals surface area contributed by atoms with Crippen LogP contribution in [0.15, 0.2) is 36.5 Å². The molecular weight excluding hydrogens is 238 g/mol. The van der Waals surface area contributed by atoms with Gasteiger partial charge in [-0.15, -0.1) is 0 Å². The summed E-state index contributed by atoms with van der Waals surface area (Å²) in [4.78, 5) is 0. The molecule has 19 heavy (non-hydrogen) atoms. The predicted octanol–water partition coefficient (Wildman–Crippen LogP) is 3.30. The van der Waals surface area contributed by atoms with E-state index in [4.69, 9.17) is 4.74 Å². The first-order valence-corrected chi connectivity index (χ1v) is 6.81. The summed E-state index contributed by atoms with van der Waals surface area (Å²) in [6.07, 6.45) is 2.84. The third kappa shape index (κ3) is 3.50. The van der Waals surface area contributed by atoms with Crippen molar-refractivity contribution in [2.75, 3.05) is 11.9 Å². The van der Waals surface area contributed by atoms with Crippen molar-refractivity contribution >= 4 is 5.69 Å². The van der Waals surface area contributed by atoms with Crippen LogP contribution in [0.4, 0.5) is 5.69 Å². The number of nitrogens with zero attached hydrogens (tertiary/aromatic N) is 2. The number of para-hydroxylation sites is 2. The molecule has 2 rings (SSSR count). The van der Waals surface area contributed by atoms with Crippen LogP contribution in [0.5, 0.6) is 5.75 Å². The summed E-state index contributed by atoms with van der Waals surface area (Å²) in [5.74, 6) is 0.909. The largest absolute Gasteiger partial charge is 0.491 e. The van der Waals surface area contributed by atoms with Crippen molar-refractivity contribution in [2.45, 2.75) is 33.4 Å². The highest BCUT2D eigenvalue weighted by molar-refractivity contribution is 5.56. The van der Waals surface area contributed by atoms with E-state index in [0.717, 1.165) is 37.6 Å². The summed E-state index contributed by atoms with van der Waals surface area (Å²) < 4.78 is 7.72. The fourth-order valence-electron chi connectivity index (χ4n) is 1.93. The molecule has 0 aliphatic rings. The topological polar surface area (TPSA) is 39.1 Å². The Labute approximate surface area is 114 Å². The molecule has 1 aromatic carbocycles. The number of anilines is 1. The second-order valence-electron chi connectivity index (χ2n) is 4.34. The molecule has 0 fully saturated rings. The molecule has 4 nitrogen and oxygen atoms in total. The Kier molecular flexibility index (Phi) is 4.84. The van der Waals surface area contributed by atoms with Crippen LogP contribution in [-0.4, -0.2) is 16.4 Å². The van der Waals surface area contributed by atoms with Gasteiger partial charge in [0.15, 0.2) is 0 Å². The second-order valence-corrected chi connectivity index (χ2v) is 4.34. The van der Waals surface area contributed by atoms with Crippen LogP contribution >= 0.6 is 0 Å². The number of nitrogens with one attached hydrogen (secondary N) is 1. The molecule has 0 spiro atoms. The van der Waals surface area contributed by atoms with Gasteiger partial charge < -0.3 is 10.1 Å². The van der Waals surface area contributed by atoms with Gasteiger partial charge in [0.25, 0.3) is 0 Å². The highest BCUT2D eigenvalue weighted by Crippen LogP contribution is 2.24. The Hall–Kier alpha value is -1.97. The molecule has 0 radical (unpaired) electrons. The summed E-state index contributed by atoms with van der Waals surface area (Å²) in [7, 11) is 0. The maximum atomic E-state index is 5.73. The zero-order valence-corrected chi connectivity index (χ0v) is 11.6. The number of benzene rings is 1. The standard InChI is InChI=1S/C15H21N3O/c1-3-11-19-15-8-6-5-7-14(15)16-12-13-9-10-17-18(13)4-2/h5-10,16H,3-4,11-12H2,1-2H3. The van der Waals surface area contributed by atoms with Crippen molar-refractivity contribution < 1.29 is 4.74 Å². The van der Waals surface area contributed by atoms with Crippen LogP contribution in [0.25, 0.3) is 0 Å². The third-order valence-corrected chi connectivity index (χ3v) is 2.91. The van der Waals surface area contributed by atoms with E-state index in [1.54, 1.807) is 0 Å². The van der Waals surface area contributed by atoms with E-state index in [1.165, 1.54) is 5.69 Å². The van der Waals surface area contributed by atoms with Crippen molar-refractivity contribution in [3.8, 4) is 5.75 Å². The van der Waals surface area contributed by atoms with Gasteiger partial charge >= 0.3 is 0 Å². The van der Waals surface area contributed by atoms with Crippen molar-refractivity contribution in [1.82, 2.24) is 9.78 Å². The number of aromatic nitrogens is 2. The lowest BCUT2D eigenvalue weighted by Gasteiger charge is -2.13. The van der Waals surface area contributed by atoms with Crippen LogP contribution < -0.4 is 10.1 Å². The van der Waals surface area contributed by atoms with Crippen molar-refractivity contribution in [2.24, 2.45) is 0 Å². The van der Waals surface area contributed by atoms with Gasteiger partial charge in [-0.3, -0.25) is 4.68 Å². The predicted molar refractivity (Wildman–Crippen MR) is 77.5 cm³/mol. The highest BCUT2D eigenvalue weighted by Gasteiger charge is 2.04. The molecule has 0 aliphatic carbocycles. The number of hydrogen-bond acceptors (Lipinski definition) is 3. The molecule has 0 saturated heterocycles. The van der Waals surface area contributed by atoms with E-state index >= 15 is 0 Å². The van der Waals surface area contributed by atoms with E-state index < -0.39 is 0 Å². The molecule has 0 aliphatic heterocycles. The Balaban J connectivity index is 2.02. The summed E-state index contributed by atoms with van der Waals surface area (Å²) in [6, 6.07) is 10.1. The van der Waals surface area contributed by atoms with Gasteiger partial charge in [0.05, 0.1) is 24.5 Å². The fourth-order valence-corrected chi connectivity index (χ4v) is 1.93. The van der Waals surface area contributed by atoms with E-state index in [2.05, 4.69) is 24.3 Å². The van der Waals surface area contributed by atoms with Crippen LogP contribution in [0.2, 0.25) is 0 Å². The molecule has 0 bridgehead atoms. The van der Waals surface area contributed by atoms with Gasteiger partial charge in [-0.1, -0.05) is 19.1 Å². The first-order valence-electron chi connectivity index (χ1n) is 6.81. The van der Waals surface area contributed by atoms with E-state index in [1.807, 2.05) is 41.2 Å². The number of hydrogen-bond donors (Lipinski definition) is 1. The van der Waals surface area contributed by atoms with Crippen LogP contribution in [-0.2, 0) is 13.1 Å². The first-order chi connectivity index (χ1) is 9.35. The Morgan fingerprint density at radius 3 is 2.84 bits per heavy atom. The molecule has 1 aromatic heterocycles. The zero-order valence-electron chi connectivity index (χ0n) is 11.6. The van der Waals surface area contributed by atoms with Crippen LogP contribution in [0, 0.1) is 0 Å². The molecule has 0 amide bonds. The summed E-state index contributed by atoms with van der Waals surface area (Å²) >= 11 is 0. The number of ether oxygens (including phenoxy) is 1. The Morgan fingerprint density at radius 2 is 2.05 bits per heavy atom. The molecule has 1 N–H and O–H groups in total. The molecule has 2 aromatic rings. The number of aryl methyl sites for hydroxylation is 1. The Bertz CT molecular complexity index is 508. The zero-order chi connectivity index (χ0) is 13.5. The smallest absolute Gasteiger partial charge is 0.142 e. The normalized spacial score (nSPS) is 10.4. The highest BCUT2D eigenvalue weighted by atomic mass is 16.5. The van der Waals surface area contributed by atoms with Gasteiger partial charge in [0, 0.05) is 12.7 Å². The third-order valence-electron chi connectivity index (χ3n) is 2.91. The minimum absolute atomic E-state index is 0.742. The van der Waals surface area contributed by atoms with Crippen molar-refractivity contribution in [1.29, 1.82) is 0 Å². The van der Waals surface area contributed by atoms with Gasteiger partial charge in [-0.05, 0) is 31.5 Å². The number of rotatable bonds is 7. The molecular formula is C15H21N3O. The van der Waals surface area contributed by atoms with E-state index in [9.17, 15) is 0 Å². The lowest BCUT2D eigenvalue weighted by molar-refractivity contribution is 0.319. The van der Waals surface area contributed by atoms with Crippen LogP contribution in [0.1, 0.15) is 26.0 Å². The lowest BCUT2D eigenvalue weighted by atomic mass is 10.3. The maximum Gasteiger partial charge on any atom is 0.142 e. The summed E-state index contributed by atoms with van der Waals surface area (Å²) in [5, 5.41) is 7.68. The summed E-state index contributed by atoms with van der Waals surface area (Å²) in [5.41, 5.74) is 2.20. The summed E-state index contributed by atoms with van der Waals surface area (Å²) in [6.45, 7) is 6.58. The SMILES string of the molecule is CCCOc1ccccc1NCc1ccnn1CC. The molecule has 0 saturated carbocycles. The van der Waals surface area contributed by atoms with Gasteiger partial charge in [-0.25, -0.2) is 0 Å². The van der Waals surface area contributed by atoms with Gasteiger partial charge in [-0.2, -0.15) is 5.10 Å². The fraction of sp³-hybridized carbons (Fsp3) is 0.400. The lowest BCUT2D eigenvalue weighted by Crippen LogP contribution is -2.08. The van der Waals surface area contributed by atoms with Gasteiger partial charge in [0.2, 0.25) is 0 Å². The minimum Gasteiger partial charge on any atom is -0.491 e. The second kappa shape index (κ2) is 6.83. The quantitative estimate of drug-likeness (QED) is 0.829. The van der Waals surface area contributed by atoms with Crippen molar-refractivity contribution in [3.63, 3.8) is 0 Å². The molecule has 0 atom stereocenters. The molecule has 1 heterocycles. The molecule has 0 unspecified atom stereocenters. The van der Waals surface area contributed by atoms with Crippen molar-refractivity contribution in [3.05, 3.63) is 42.2 Å². The van der Waals surface area contributed by atoms with E-state index in [-0.39, 0.29) is 0 Å². The Morgan fingerprint density at radius 1 is 1.21 bits per heavy atom. The van der Waals surface area contributed by atoms with Gasteiger partial charge in [0.1, 0.15) is 5.75 Å². The molecule has 102 valence electrons. The average Bonchev–Trinajstić information content (AvgIpc) is 2.91. The minimum atomic E-state index is 0.742. The first kappa shape index (κ1) is 13.5. The molecule has 4 heteroatoms. The monoisotopic (exact) mass is 259 g/mol.